The summed E-state index contributed by atoms with van der Waals surface area (Å²) in [7, 11) is 0. The predicted molar refractivity (Wildman–Crippen MR) is 52.3 cm³/mol. The van der Waals surface area contributed by atoms with Crippen molar-refractivity contribution in [1.82, 2.24) is 14.9 Å². The van der Waals surface area contributed by atoms with Gasteiger partial charge in [0.1, 0.15) is 0 Å². The highest BCUT2D eigenvalue weighted by molar-refractivity contribution is 4.88. The first-order valence-electron chi connectivity index (χ1n) is 4.89. The second-order valence-electron chi connectivity index (χ2n) is 3.68. The van der Waals surface area contributed by atoms with Crippen molar-refractivity contribution in [1.29, 1.82) is 0 Å². The molecule has 82 valence electrons. The fourth-order valence-corrected chi connectivity index (χ4v) is 1.77. The third kappa shape index (κ3) is 2.15. The van der Waals surface area contributed by atoms with Crippen LogP contribution in [0.5, 0.6) is 0 Å². The molecule has 2 heterocycles. The van der Waals surface area contributed by atoms with Crippen LogP contribution in [0.3, 0.4) is 0 Å². The molecule has 1 aromatic heterocycles. The number of H-pyrrole nitrogens is 1. The molecular formula is C9H12FN3O2. The summed E-state index contributed by atoms with van der Waals surface area (Å²) >= 11 is 0. The predicted octanol–water partition coefficient (Wildman–Crippen LogP) is -0.572. The van der Waals surface area contributed by atoms with E-state index in [9.17, 15) is 14.0 Å². The summed E-state index contributed by atoms with van der Waals surface area (Å²) in [4.78, 5) is 24.0. The molecule has 1 saturated heterocycles. The SMILES string of the molecule is O=c1[nH]c(=O)n(CC2CCCN2)cc1F. The van der Waals surface area contributed by atoms with Crippen LogP contribution in [0, 0.1) is 5.82 Å². The van der Waals surface area contributed by atoms with E-state index in [1.54, 1.807) is 0 Å². The van der Waals surface area contributed by atoms with E-state index in [0.717, 1.165) is 25.6 Å². The molecule has 1 aromatic rings. The highest BCUT2D eigenvalue weighted by Crippen LogP contribution is 2.05. The van der Waals surface area contributed by atoms with Gasteiger partial charge in [-0.1, -0.05) is 0 Å². The van der Waals surface area contributed by atoms with Crippen molar-refractivity contribution in [2.45, 2.75) is 25.4 Å². The molecular weight excluding hydrogens is 201 g/mol. The summed E-state index contributed by atoms with van der Waals surface area (Å²) < 4.78 is 14.1. The largest absolute Gasteiger partial charge is 0.328 e. The Balaban J connectivity index is 2.24. The lowest BCUT2D eigenvalue weighted by molar-refractivity contribution is 0.473. The van der Waals surface area contributed by atoms with E-state index in [2.05, 4.69) is 5.32 Å². The van der Waals surface area contributed by atoms with Crippen molar-refractivity contribution in [2.24, 2.45) is 0 Å². The number of nitrogens with one attached hydrogen (secondary N) is 2. The first kappa shape index (κ1) is 10.1. The minimum absolute atomic E-state index is 0.188. The fraction of sp³-hybridized carbons (Fsp3) is 0.556. The van der Waals surface area contributed by atoms with E-state index in [4.69, 9.17) is 0 Å². The first-order chi connectivity index (χ1) is 7.16. The number of aromatic amines is 1. The summed E-state index contributed by atoms with van der Waals surface area (Å²) in [6, 6.07) is 0.188. The average molecular weight is 213 g/mol. The molecule has 0 aromatic carbocycles. The van der Waals surface area contributed by atoms with Crippen LogP contribution in [0.15, 0.2) is 15.8 Å². The molecule has 2 rings (SSSR count). The van der Waals surface area contributed by atoms with Gasteiger partial charge in [0.2, 0.25) is 5.82 Å². The maximum Gasteiger partial charge on any atom is 0.328 e. The van der Waals surface area contributed by atoms with Gasteiger partial charge >= 0.3 is 5.69 Å². The number of halogens is 1. The maximum atomic E-state index is 12.9. The van der Waals surface area contributed by atoms with E-state index in [-0.39, 0.29) is 6.04 Å². The third-order valence-corrected chi connectivity index (χ3v) is 2.55. The van der Waals surface area contributed by atoms with Crippen LogP contribution in [-0.2, 0) is 6.54 Å². The van der Waals surface area contributed by atoms with Crippen molar-refractivity contribution in [3.05, 3.63) is 32.9 Å². The van der Waals surface area contributed by atoms with Gasteiger partial charge in [0.05, 0.1) is 6.20 Å². The van der Waals surface area contributed by atoms with Crippen LogP contribution < -0.4 is 16.6 Å². The second kappa shape index (κ2) is 3.98. The standard InChI is InChI=1S/C9H12FN3O2/c10-7-5-13(9(15)12-8(7)14)4-6-2-1-3-11-6/h5-6,11H,1-4H2,(H,12,14,15). The molecule has 0 amide bonds. The van der Waals surface area contributed by atoms with Crippen molar-refractivity contribution in [3.63, 3.8) is 0 Å². The summed E-state index contributed by atoms with van der Waals surface area (Å²) in [6.45, 7) is 1.32. The zero-order valence-electron chi connectivity index (χ0n) is 8.12. The Bertz CT molecular complexity index is 459. The average Bonchev–Trinajstić information content (AvgIpc) is 2.67. The van der Waals surface area contributed by atoms with Gasteiger partial charge < -0.3 is 5.32 Å². The van der Waals surface area contributed by atoms with Gasteiger partial charge in [-0.2, -0.15) is 4.39 Å². The molecule has 0 saturated carbocycles. The Hall–Kier alpha value is -1.43. The molecule has 2 N–H and O–H groups in total. The van der Waals surface area contributed by atoms with Crippen molar-refractivity contribution >= 4 is 0 Å². The van der Waals surface area contributed by atoms with E-state index in [0.29, 0.717) is 6.54 Å². The van der Waals surface area contributed by atoms with Gasteiger partial charge in [-0.3, -0.25) is 14.3 Å². The van der Waals surface area contributed by atoms with Crippen LogP contribution >= 0.6 is 0 Å². The molecule has 1 atom stereocenters. The quantitative estimate of drug-likeness (QED) is 0.691. The van der Waals surface area contributed by atoms with E-state index in [1.807, 2.05) is 4.98 Å². The molecule has 1 fully saturated rings. The fourth-order valence-electron chi connectivity index (χ4n) is 1.77. The number of hydrogen-bond acceptors (Lipinski definition) is 3. The lowest BCUT2D eigenvalue weighted by Gasteiger charge is -2.11. The van der Waals surface area contributed by atoms with Crippen LogP contribution in [0.1, 0.15) is 12.8 Å². The van der Waals surface area contributed by atoms with Crippen molar-refractivity contribution in [3.8, 4) is 0 Å². The second-order valence-corrected chi connectivity index (χ2v) is 3.68. The van der Waals surface area contributed by atoms with Crippen LogP contribution in [0.25, 0.3) is 0 Å². The zero-order valence-corrected chi connectivity index (χ0v) is 8.12. The molecule has 1 unspecified atom stereocenters. The topological polar surface area (TPSA) is 66.9 Å². The molecule has 1 aliphatic rings. The zero-order chi connectivity index (χ0) is 10.8. The van der Waals surface area contributed by atoms with Crippen LogP contribution in [-0.4, -0.2) is 22.1 Å². The lowest BCUT2D eigenvalue weighted by Crippen LogP contribution is -2.36. The van der Waals surface area contributed by atoms with E-state index in [1.165, 1.54) is 4.57 Å². The first-order valence-corrected chi connectivity index (χ1v) is 4.89. The van der Waals surface area contributed by atoms with Crippen molar-refractivity contribution < 1.29 is 4.39 Å². The lowest BCUT2D eigenvalue weighted by atomic mass is 10.2. The Morgan fingerprint density at radius 1 is 1.53 bits per heavy atom. The molecule has 6 heteroatoms. The highest BCUT2D eigenvalue weighted by Gasteiger charge is 2.15. The number of hydrogen-bond donors (Lipinski definition) is 2. The Morgan fingerprint density at radius 3 is 3.00 bits per heavy atom. The Labute approximate surface area is 84.9 Å². The minimum atomic E-state index is -0.962. The van der Waals surface area contributed by atoms with E-state index >= 15 is 0 Å². The van der Waals surface area contributed by atoms with Gasteiger partial charge in [0, 0.05) is 12.6 Å². The van der Waals surface area contributed by atoms with Crippen LogP contribution in [0.2, 0.25) is 0 Å². The normalized spacial score (nSPS) is 20.7. The van der Waals surface area contributed by atoms with Gasteiger partial charge in [-0.05, 0) is 19.4 Å². The van der Waals surface area contributed by atoms with Gasteiger partial charge in [0.15, 0.2) is 0 Å². The molecule has 0 spiro atoms. The Morgan fingerprint density at radius 2 is 2.33 bits per heavy atom. The Kier molecular flexibility index (Phi) is 2.68. The molecule has 0 bridgehead atoms. The van der Waals surface area contributed by atoms with Gasteiger partial charge in [-0.15, -0.1) is 0 Å². The van der Waals surface area contributed by atoms with Crippen molar-refractivity contribution in [2.75, 3.05) is 6.54 Å². The molecule has 15 heavy (non-hydrogen) atoms. The molecule has 0 radical (unpaired) electrons. The third-order valence-electron chi connectivity index (χ3n) is 2.55. The minimum Gasteiger partial charge on any atom is -0.312 e. The highest BCUT2D eigenvalue weighted by atomic mass is 19.1. The molecule has 0 aliphatic carbocycles. The number of aromatic nitrogens is 2. The monoisotopic (exact) mass is 213 g/mol. The smallest absolute Gasteiger partial charge is 0.312 e. The summed E-state index contributed by atoms with van der Waals surface area (Å²) in [6.07, 6.45) is 2.99. The number of rotatable bonds is 2. The number of nitrogens with zero attached hydrogens (tertiary/aromatic N) is 1. The summed E-state index contributed by atoms with van der Waals surface area (Å²) in [5, 5.41) is 3.19. The van der Waals surface area contributed by atoms with E-state index < -0.39 is 17.1 Å². The maximum absolute atomic E-state index is 12.9. The summed E-state index contributed by atoms with van der Waals surface area (Å²) in [5.74, 6) is -0.924. The van der Waals surface area contributed by atoms with Gasteiger partial charge in [-0.25, -0.2) is 4.79 Å². The molecule has 1 aliphatic heterocycles. The van der Waals surface area contributed by atoms with Crippen LogP contribution in [0.4, 0.5) is 4.39 Å². The molecule has 5 nitrogen and oxygen atoms in total. The summed E-state index contributed by atoms with van der Waals surface area (Å²) in [5.41, 5.74) is -1.52. The van der Waals surface area contributed by atoms with Gasteiger partial charge in [0.25, 0.3) is 5.56 Å².